The molecule has 0 saturated carbocycles. The molecule has 1 rings (SSSR count). The summed E-state index contributed by atoms with van der Waals surface area (Å²) in [6.45, 7) is 3.94. The van der Waals surface area contributed by atoms with Gasteiger partial charge in [0.2, 0.25) is 0 Å². The fourth-order valence-electron chi connectivity index (χ4n) is 2.10. The summed E-state index contributed by atoms with van der Waals surface area (Å²) in [4.78, 5) is 12.2. The van der Waals surface area contributed by atoms with Gasteiger partial charge in [0.1, 0.15) is 17.4 Å². The molecule has 0 atom stereocenters. The van der Waals surface area contributed by atoms with Gasteiger partial charge in [0.25, 0.3) is 0 Å². The van der Waals surface area contributed by atoms with Crippen LogP contribution in [0, 0.1) is 17.0 Å². The fourth-order valence-corrected chi connectivity index (χ4v) is 2.10. The number of ketones is 1. The predicted molar refractivity (Wildman–Crippen MR) is 67.1 cm³/mol. The van der Waals surface area contributed by atoms with E-state index in [0.29, 0.717) is 12.8 Å². The zero-order valence-electron chi connectivity index (χ0n) is 10.8. The molecule has 0 saturated heterocycles. The SMILES string of the molecule is CCC(CC)(CN)C(=O)Cc1c(F)cccc1F. The molecule has 0 aromatic heterocycles. The Balaban J connectivity index is 3.00. The van der Waals surface area contributed by atoms with Crippen LogP contribution in [-0.4, -0.2) is 12.3 Å². The van der Waals surface area contributed by atoms with Crippen LogP contribution in [0.3, 0.4) is 0 Å². The first kappa shape index (κ1) is 14.8. The monoisotopic (exact) mass is 255 g/mol. The number of hydrogen-bond acceptors (Lipinski definition) is 2. The second kappa shape index (κ2) is 6.05. The number of nitrogens with two attached hydrogens (primary N) is 1. The van der Waals surface area contributed by atoms with Gasteiger partial charge in [-0.25, -0.2) is 8.78 Å². The molecule has 0 unspecified atom stereocenters. The lowest BCUT2D eigenvalue weighted by Gasteiger charge is -2.28. The molecule has 0 spiro atoms. The molecule has 100 valence electrons. The number of halogens is 2. The van der Waals surface area contributed by atoms with Crippen molar-refractivity contribution in [2.75, 3.05) is 6.54 Å². The summed E-state index contributed by atoms with van der Waals surface area (Å²) in [6.07, 6.45) is 0.918. The molecule has 0 aliphatic rings. The molecule has 0 bridgehead atoms. The molecular weight excluding hydrogens is 236 g/mol. The molecule has 2 N–H and O–H groups in total. The Hall–Kier alpha value is -1.29. The van der Waals surface area contributed by atoms with E-state index in [1.807, 2.05) is 13.8 Å². The lowest BCUT2D eigenvalue weighted by atomic mass is 9.76. The first-order chi connectivity index (χ1) is 8.50. The summed E-state index contributed by atoms with van der Waals surface area (Å²) in [5, 5.41) is 0. The van der Waals surface area contributed by atoms with Crippen LogP contribution in [0.2, 0.25) is 0 Å². The lowest BCUT2D eigenvalue weighted by Crippen LogP contribution is -2.38. The molecule has 0 radical (unpaired) electrons. The summed E-state index contributed by atoms with van der Waals surface area (Å²) in [5.41, 5.74) is 4.81. The molecule has 0 amide bonds. The molecule has 0 fully saturated rings. The van der Waals surface area contributed by atoms with Gasteiger partial charge in [0.05, 0.1) is 0 Å². The Kier molecular flexibility index (Phi) is 4.96. The molecule has 18 heavy (non-hydrogen) atoms. The first-order valence-electron chi connectivity index (χ1n) is 6.17. The molecule has 2 nitrogen and oxygen atoms in total. The average molecular weight is 255 g/mol. The van der Waals surface area contributed by atoms with Crippen LogP contribution in [0.4, 0.5) is 8.78 Å². The van der Waals surface area contributed by atoms with E-state index in [9.17, 15) is 13.6 Å². The Labute approximate surface area is 106 Å². The maximum atomic E-state index is 13.5. The van der Waals surface area contributed by atoms with E-state index in [-0.39, 0.29) is 24.3 Å². The van der Waals surface area contributed by atoms with Gasteiger partial charge in [0, 0.05) is 23.9 Å². The van der Waals surface area contributed by atoms with E-state index in [2.05, 4.69) is 0 Å². The van der Waals surface area contributed by atoms with E-state index in [1.54, 1.807) is 0 Å². The minimum Gasteiger partial charge on any atom is -0.329 e. The number of rotatable bonds is 6. The fraction of sp³-hybridized carbons (Fsp3) is 0.500. The van der Waals surface area contributed by atoms with E-state index in [4.69, 9.17) is 5.73 Å². The minimum atomic E-state index is -0.679. The molecule has 1 aromatic carbocycles. The number of benzene rings is 1. The average Bonchev–Trinajstić information content (AvgIpc) is 2.37. The quantitative estimate of drug-likeness (QED) is 0.849. The summed E-state index contributed by atoms with van der Waals surface area (Å²) in [7, 11) is 0. The summed E-state index contributed by atoms with van der Waals surface area (Å²) in [5.74, 6) is -1.55. The van der Waals surface area contributed by atoms with Crippen LogP contribution < -0.4 is 5.73 Å². The van der Waals surface area contributed by atoms with Gasteiger partial charge < -0.3 is 5.73 Å². The van der Waals surface area contributed by atoms with Crippen LogP contribution in [0.15, 0.2) is 18.2 Å². The van der Waals surface area contributed by atoms with Crippen molar-refractivity contribution in [2.45, 2.75) is 33.1 Å². The van der Waals surface area contributed by atoms with Gasteiger partial charge in [-0.05, 0) is 25.0 Å². The molecular formula is C14H19F2NO. The van der Waals surface area contributed by atoms with Crippen molar-refractivity contribution >= 4 is 5.78 Å². The molecule has 0 heterocycles. The van der Waals surface area contributed by atoms with E-state index in [1.165, 1.54) is 6.07 Å². The van der Waals surface area contributed by atoms with Crippen LogP contribution in [0.5, 0.6) is 0 Å². The minimum absolute atomic E-state index is 0.165. The Morgan fingerprint density at radius 1 is 1.22 bits per heavy atom. The van der Waals surface area contributed by atoms with Crippen LogP contribution >= 0.6 is 0 Å². The highest BCUT2D eigenvalue weighted by molar-refractivity contribution is 5.87. The lowest BCUT2D eigenvalue weighted by molar-refractivity contribution is -0.128. The highest BCUT2D eigenvalue weighted by atomic mass is 19.1. The van der Waals surface area contributed by atoms with Gasteiger partial charge in [-0.3, -0.25) is 4.79 Å². The Morgan fingerprint density at radius 3 is 2.11 bits per heavy atom. The summed E-state index contributed by atoms with van der Waals surface area (Å²) < 4.78 is 27.0. The van der Waals surface area contributed by atoms with Crippen LogP contribution in [-0.2, 0) is 11.2 Å². The maximum Gasteiger partial charge on any atom is 0.144 e. The summed E-state index contributed by atoms with van der Waals surface area (Å²) >= 11 is 0. The molecule has 0 aliphatic carbocycles. The van der Waals surface area contributed by atoms with Gasteiger partial charge >= 0.3 is 0 Å². The van der Waals surface area contributed by atoms with Gasteiger partial charge in [-0.2, -0.15) is 0 Å². The van der Waals surface area contributed by atoms with E-state index in [0.717, 1.165) is 12.1 Å². The third-order valence-corrected chi connectivity index (χ3v) is 3.73. The predicted octanol–water partition coefficient (Wildman–Crippen LogP) is 2.84. The van der Waals surface area contributed by atoms with Crippen molar-refractivity contribution in [1.29, 1.82) is 0 Å². The van der Waals surface area contributed by atoms with Gasteiger partial charge in [0.15, 0.2) is 0 Å². The smallest absolute Gasteiger partial charge is 0.144 e. The van der Waals surface area contributed by atoms with Crippen molar-refractivity contribution in [1.82, 2.24) is 0 Å². The van der Waals surface area contributed by atoms with Gasteiger partial charge in [-0.1, -0.05) is 19.9 Å². The number of Topliss-reactive ketones (excluding diaryl/α,β-unsaturated/α-hetero) is 1. The zero-order chi connectivity index (χ0) is 13.8. The van der Waals surface area contributed by atoms with Gasteiger partial charge in [-0.15, -0.1) is 0 Å². The van der Waals surface area contributed by atoms with Crippen molar-refractivity contribution in [2.24, 2.45) is 11.1 Å². The van der Waals surface area contributed by atoms with E-state index < -0.39 is 17.0 Å². The van der Waals surface area contributed by atoms with Crippen LogP contribution in [0.1, 0.15) is 32.3 Å². The van der Waals surface area contributed by atoms with Crippen LogP contribution in [0.25, 0.3) is 0 Å². The normalized spacial score (nSPS) is 11.6. The van der Waals surface area contributed by atoms with Crippen molar-refractivity contribution in [3.63, 3.8) is 0 Å². The Bertz CT molecular complexity index is 399. The molecule has 4 heteroatoms. The number of carbonyl (C=O) groups is 1. The first-order valence-corrected chi connectivity index (χ1v) is 6.17. The van der Waals surface area contributed by atoms with Crippen molar-refractivity contribution in [3.05, 3.63) is 35.4 Å². The zero-order valence-corrected chi connectivity index (χ0v) is 10.8. The van der Waals surface area contributed by atoms with Crippen molar-refractivity contribution < 1.29 is 13.6 Å². The summed E-state index contributed by atoms with van der Waals surface area (Å²) in [6, 6.07) is 3.61. The third kappa shape index (κ3) is 2.75. The standard InChI is InChI=1S/C14H19F2NO/c1-3-14(4-2,9-17)13(18)8-10-11(15)6-5-7-12(10)16/h5-7H,3-4,8-9,17H2,1-2H3. The third-order valence-electron chi connectivity index (χ3n) is 3.73. The topological polar surface area (TPSA) is 43.1 Å². The van der Waals surface area contributed by atoms with E-state index >= 15 is 0 Å². The maximum absolute atomic E-state index is 13.5. The number of hydrogen-bond donors (Lipinski definition) is 1. The highest BCUT2D eigenvalue weighted by Crippen LogP contribution is 2.28. The Morgan fingerprint density at radius 2 is 1.72 bits per heavy atom. The molecule has 1 aromatic rings. The second-order valence-electron chi connectivity index (χ2n) is 4.49. The molecule has 0 aliphatic heterocycles. The van der Waals surface area contributed by atoms with Crippen molar-refractivity contribution in [3.8, 4) is 0 Å². The highest BCUT2D eigenvalue weighted by Gasteiger charge is 2.33. The largest absolute Gasteiger partial charge is 0.329 e. The number of carbonyl (C=O) groups excluding carboxylic acids is 1. The second-order valence-corrected chi connectivity index (χ2v) is 4.49.